The van der Waals surface area contributed by atoms with Crippen LogP contribution in [0.15, 0.2) is 59.4 Å². The third kappa shape index (κ3) is 3.54. The van der Waals surface area contributed by atoms with Crippen LogP contribution in [0.3, 0.4) is 0 Å². The third-order valence-corrected chi connectivity index (χ3v) is 5.57. The van der Waals surface area contributed by atoms with E-state index in [1.54, 1.807) is 0 Å². The van der Waals surface area contributed by atoms with Crippen molar-refractivity contribution in [2.24, 2.45) is 5.92 Å². The standard InChI is InChI=1S/C22H25N3O2/c1-16(15-17-7-3-2-4-8-17)21(26)24-13-11-18(12-14-24)25-20-10-6-5-9-19(20)23-22(25)27/h2-10,16,18H,11-15H2,1H3,(H,23,27). The Bertz CT molecular complexity index is 981. The van der Waals surface area contributed by atoms with Gasteiger partial charge < -0.3 is 9.88 Å². The smallest absolute Gasteiger partial charge is 0.326 e. The fourth-order valence-electron chi connectivity index (χ4n) is 4.15. The molecule has 1 saturated heterocycles. The van der Waals surface area contributed by atoms with Crippen molar-refractivity contribution in [1.29, 1.82) is 0 Å². The topological polar surface area (TPSA) is 58.1 Å². The highest BCUT2D eigenvalue weighted by Crippen LogP contribution is 2.26. The second-order valence-electron chi connectivity index (χ2n) is 7.46. The van der Waals surface area contributed by atoms with Crippen LogP contribution in [0, 0.1) is 5.92 Å². The number of benzene rings is 2. The van der Waals surface area contributed by atoms with Crippen molar-refractivity contribution in [3.05, 3.63) is 70.6 Å². The number of hydrogen-bond acceptors (Lipinski definition) is 2. The molecule has 3 aromatic rings. The predicted molar refractivity (Wildman–Crippen MR) is 107 cm³/mol. The Morgan fingerprint density at radius 3 is 2.48 bits per heavy atom. The van der Waals surface area contributed by atoms with Crippen LogP contribution in [0.5, 0.6) is 0 Å². The van der Waals surface area contributed by atoms with Gasteiger partial charge in [-0.05, 0) is 37.0 Å². The molecule has 1 N–H and O–H groups in total. The number of fused-ring (bicyclic) bond motifs is 1. The van der Waals surface area contributed by atoms with Gasteiger partial charge in [0.2, 0.25) is 5.91 Å². The Balaban J connectivity index is 1.42. The highest BCUT2D eigenvalue weighted by atomic mass is 16.2. The molecule has 0 radical (unpaired) electrons. The molecule has 1 fully saturated rings. The van der Waals surface area contributed by atoms with Gasteiger partial charge in [0.25, 0.3) is 0 Å². The molecule has 0 spiro atoms. The van der Waals surface area contributed by atoms with Gasteiger partial charge in [0.05, 0.1) is 11.0 Å². The molecule has 0 bridgehead atoms. The average Bonchev–Trinajstić information content (AvgIpc) is 3.04. The zero-order valence-electron chi connectivity index (χ0n) is 15.6. The first-order valence-corrected chi connectivity index (χ1v) is 9.65. The number of carbonyl (C=O) groups is 1. The lowest BCUT2D eigenvalue weighted by Gasteiger charge is -2.34. The first kappa shape index (κ1) is 17.6. The molecular formula is C22H25N3O2. The highest BCUT2D eigenvalue weighted by Gasteiger charge is 2.28. The molecule has 1 aliphatic rings. The SMILES string of the molecule is CC(Cc1ccccc1)C(=O)N1CCC(n2c(=O)[nH]c3ccccc32)CC1. The van der Waals surface area contributed by atoms with E-state index in [1.807, 2.05) is 58.9 Å². The Morgan fingerprint density at radius 2 is 1.74 bits per heavy atom. The van der Waals surface area contributed by atoms with Crippen LogP contribution in [-0.4, -0.2) is 33.4 Å². The van der Waals surface area contributed by atoms with Crippen LogP contribution in [0.25, 0.3) is 11.0 Å². The monoisotopic (exact) mass is 363 g/mol. The second kappa shape index (κ2) is 7.43. The van der Waals surface area contributed by atoms with Crippen LogP contribution in [0.2, 0.25) is 0 Å². The van der Waals surface area contributed by atoms with Crippen LogP contribution < -0.4 is 5.69 Å². The number of piperidine rings is 1. The molecule has 0 saturated carbocycles. The van der Waals surface area contributed by atoms with Crippen LogP contribution in [0.4, 0.5) is 0 Å². The Morgan fingerprint density at radius 1 is 1.07 bits per heavy atom. The van der Waals surface area contributed by atoms with E-state index in [0.717, 1.165) is 30.3 Å². The van der Waals surface area contributed by atoms with E-state index in [-0.39, 0.29) is 23.6 Å². The minimum atomic E-state index is -0.0570. The predicted octanol–water partition coefficient (Wildman–Crippen LogP) is 3.37. The summed E-state index contributed by atoms with van der Waals surface area (Å²) in [4.78, 5) is 30.1. The quantitative estimate of drug-likeness (QED) is 0.773. The van der Waals surface area contributed by atoms with E-state index in [4.69, 9.17) is 0 Å². The summed E-state index contributed by atoms with van der Waals surface area (Å²) in [6.45, 7) is 3.41. The summed E-state index contributed by atoms with van der Waals surface area (Å²) >= 11 is 0. The number of imidazole rings is 1. The summed E-state index contributed by atoms with van der Waals surface area (Å²) in [5.74, 6) is 0.184. The summed E-state index contributed by atoms with van der Waals surface area (Å²) in [6.07, 6.45) is 2.39. The highest BCUT2D eigenvalue weighted by molar-refractivity contribution is 5.79. The van der Waals surface area contributed by atoms with Gasteiger partial charge in [0.1, 0.15) is 0 Å². The van der Waals surface area contributed by atoms with E-state index < -0.39 is 0 Å². The second-order valence-corrected chi connectivity index (χ2v) is 7.46. The minimum absolute atomic E-state index is 0.0280. The lowest BCUT2D eigenvalue weighted by molar-refractivity contribution is -0.136. The van der Waals surface area contributed by atoms with Gasteiger partial charge in [-0.2, -0.15) is 0 Å². The van der Waals surface area contributed by atoms with Gasteiger partial charge in [-0.15, -0.1) is 0 Å². The van der Waals surface area contributed by atoms with Crippen molar-refractivity contribution in [2.75, 3.05) is 13.1 Å². The summed E-state index contributed by atoms with van der Waals surface area (Å²) in [5, 5.41) is 0. The maximum atomic E-state index is 12.8. The lowest BCUT2D eigenvalue weighted by Crippen LogP contribution is -2.43. The molecule has 2 heterocycles. The largest absolute Gasteiger partial charge is 0.342 e. The zero-order valence-corrected chi connectivity index (χ0v) is 15.6. The van der Waals surface area contributed by atoms with E-state index in [0.29, 0.717) is 13.1 Å². The molecule has 2 aromatic carbocycles. The molecule has 4 rings (SSSR count). The number of para-hydroxylation sites is 2. The molecule has 27 heavy (non-hydrogen) atoms. The molecule has 5 nitrogen and oxygen atoms in total. The van der Waals surface area contributed by atoms with Gasteiger partial charge in [-0.1, -0.05) is 49.4 Å². The Kier molecular flexibility index (Phi) is 4.84. The number of H-pyrrole nitrogens is 1. The zero-order chi connectivity index (χ0) is 18.8. The summed E-state index contributed by atoms with van der Waals surface area (Å²) in [5.41, 5.74) is 2.96. The molecule has 1 aliphatic heterocycles. The van der Waals surface area contributed by atoms with Crippen molar-refractivity contribution in [2.45, 2.75) is 32.2 Å². The maximum absolute atomic E-state index is 12.8. The molecule has 1 amide bonds. The van der Waals surface area contributed by atoms with Gasteiger partial charge >= 0.3 is 5.69 Å². The molecule has 1 atom stereocenters. The van der Waals surface area contributed by atoms with Crippen molar-refractivity contribution in [3.63, 3.8) is 0 Å². The Hall–Kier alpha value is -2.82. The number of nitrogens with zero attached hydrogens (tertiary/aromatic N) is 2. The Labute approximate surface area is 158 Å². The minimum Gasteiger partial charge on any atom is -0.342 e. The number of aromatic amines is 1. The van der Waals surface area contributed by atoms with Gasteiger partial charge in [-0.25, -0.2) is 4.79 Å². The first-order valence-electron chi connectivity index (χ1n) is 9.65. The summed E-state index contributed by atoms with van der Waals surface area (Å²) in [6, 6.07) is 18.1. The van der Waals surface area contributed by atoms with Crippen molar-refractivity contribution in [1.82, 2.24) is 14.5 Å². The number of rotatable bonds is 4. The molecule has 1 aromatic heterocycles. The normalized spacial score (nSPS) is 16.6. The number of carbonyl (C=O) groups excluding carboxylic acids is 1. The molecule has 1 unspecified atom stereocenters. The van der Waals surface area contributed by atoms with Gasteiger partial charge in [0.15, 0.2) is 0 Å². The fourth-order valence-corrected chi connectivity index (χ4v) is 4.15. The summed E-state index contributed by atoms with van der Waals surface area (Å²) < 4.78 is 1.87. The first-order chi connectivity index (χ1) is 13.1. The third-order valence-electron chi connectivity index (χ3n) is 5.57. The molecule has 140 valence electrons. The number of amides is 1. The maximum Gasteiger partial charge on any atom is 0.326 e. The number of aromatic nitrogens is 2. The van der Waals surface area contributed by atoms with E-state index in [1.165, 1.54) is 5.56 Å². The van der Waals surface area contributed by atoms with E-state index in [2.05, 4.69) is 17.1 Å². The number of hydrogen-bond donors (Lipinski definition) is 1. The van der Waals surface area contributed by atoms with E-state index in [9.17, 15) is 9.59 Å². The lowest BCUT2D eigenvalue weighted by atomic mass is 9.97. The number of nitrogens with one attached hydrogen (secondary N) is 1. The van der Waals surface area contributed by atoms with Crippen molar-refractivity contribution in [3.8, 4) is 0 Å². The number of likely N-dealkylation sites (tertiary alicyclic amines) is 1. The van der Waals surface area contributed by atoms with Crippen LogP contribution in [0.1, 0.15) is 31.4 Å². The molecular weight excluding hydrogens is 338 g/mol. The van der Waals surface area contributed by atoms with Crippen molar-refractivity contribution < 1.29 is 4.79 Å². The summed E-state index contributed by atoms with van der Waals surface area (Å²) in [7, 11) is 0. The van der Waals surface area contributed by atoms with E-state index >= 15 is 0 Å². The average molecular weight is 363 g/mol. The fraction of sp³-hybridized carbons (Fsp3) is 0.364. The van der Waals surface area contributed by atoms with Gasteiger partial charge in [0, 0.05) is 25.0 Å². The van der Waals surface area contributed by atoms with Crippen LogP contribution in [-0.2, 0) is 11.2 Å². The molecule has 0 aliphatic carbocycles. The van der Waals surface area contributed by atoms with Crippen molar-refractivity contribution >= 4 is 16.9 Å². The van der Waals surface area contributed by atoms with Crippen LogP contribution >= 0.6 is 0 Å². The molecule has 5 heteroatoms. The van der Waals surface area contributed by atoms with Gasteiger partial charge in [-0.3, -0.25) is 9.36 Å².